The molecule has 0 aliphatic rings. The highest BCUT2D eigenvalue weighted by atomic mass is 15.3. The van der Waals surface area contributed by atoms with Crippen molar-refractivity contribution < 1.29 is 0 Å². The van der Waals surface area contributed by atoms with Gasteiger partial charge in [-0.1, -0.05) is 0 Å². The molecule has 0 aliphatic carbocycles. The molecule has 0 unspecified atom stereocenters. The van der Waals surface area contributed by atoms with Crippen LogP contribution in [-0.4, -0.2) is 14.3 Å². The summed E-state index contributed by atoms with van der Waals surface area (Å²) >= 11 is 0. The summed E-state index contributed by atoms with van der Waals surface area (Å²) in [5.74, 6) is 0. The van der Waals surface area contributed by atoms with Gasteiger partial charge in [0.25, 0.3) is 0 Å². The Bertz CT molecular complexity index is 486. The van der Waals surface area contributed by atoms with Gasteiger partial charge in [-0.05, 0) is 52.3 Å². The van der Waals surface area contributed by atoms with Crippen LogP contribution in [0.25, 0.3) is 0 Å². The van der Waals surface area contributed by atoms with Crippen LogP contribution in [0.4, 0.5) is 0 Å². The molecule has 2 rings (SSSR count). The Morgan fingerprint density at radius 1 is 0.941 bits per heavy atom. The van der Waals surface area contributed by atoms with Crippen LogP contribution in [0.1, 0.15) is 29.2 Å². The molecule has 0 fully saturated rings. The van der Waals surface area contributed by atoms with Gasteiger partial charge >= 0.3 is 0 Å². The molecule has 2 heterocycles. The largest absolute Gasteiger partial charge is 0.349 e. The maximum atomic E-state index is 4.48. The fraction of sp³-hybridized carbons (Fsp3) is 0.500. The molecule has 0 bridgehead atoms. The molecular formula is C14H21N3. The van der Waals surface area contributed by atoms with Crippen molar-refractivity contribution in [3.05, 3.63) is 41.0 Å². The normalized spacial score (nSPS) is 11.1. The summed E-state index contributed by atoms with van der Waals surface area (Å²) in [6, 6.07) is 6.49. The monoisotopic (exact) mass is 231 g/mol. The highest BCUT2D eigenvalue weighted by Gasteiger charge is 2.03. The summed E-state index contributed by atoms with van der Waals surface area (Å²) in [5, 5.41) is 4.48. The van der Waals surface area contributed by atoms with Gasteiger partial charge in [-0.25, -0.2) is 0 Å². The zero-order chi connectivity index (χ0) is 12.4. The van der Waals surface area contributed by atoms with Gasteiger partial charge in [-0.3, -0.25) is 4.68 Å². The Morgan fingerprint density at radius 3 is 2.12 bits per heavy atom. The molecule has 3 nitrogen and oxygen atoms in total. The number of nitrogens with zero attached hydrogens (tertiary/aromatic N) is 3. The second-order valence-electron chi connectivity index (χ2n) is 4.77. The van der Waals surface area contributed by atoms with E-state index in [0.29, 0.717) is 0 Å². The summed E-state index contributed by atoms with van der Waals surface area (Å²) in [5.41, 5.74) is 5.05. The van der Waals surface area contributed by atoms with Gasteiger partial charge in [0.1, 0.15) is 0 Å². The molecule has 92 valence electrons. The average molecular weight is 231 g/mol. The second kappa shape index (κ2) is 4.78. The third kappa shape index (κ3) is 2.60. The highest BCUT2D eigenvalue weighted by molar-refractivity contribution is 5.13. The Hall–Kier alpha value is -1.51. The van der Waals surface area contributed by atoms with E-state index in [-0.39, 0.29) is 0 Å². The molecule has 0 saturated carbocycles. The highest BCUT2D eigenvalue weighted by Crippen LogP contribution is 2.09. The number of hydrogen-bond donors (Lipinski definition) is 0. The summed E-state index contributed by atoms with van der Waals surface area (Å²) < 4.78 is 4.47. The van der Waals surface area contributed by atoms with Crippen molar-refractivity contribution in [2.24, 2.45) is 0 Å². The van der Waals surface area contributed by atoms with E-state index >= 15 is 0 Å². The average Bonchev–Trinajstić information content (AvgIpc) is 2.74. The smallest absolute Gasteiger partial charge is 0.0596 e. The fourth-order valence-corrected chi connectivity index (χ4v) is 2.33. The van der Waals surface area contributed by atoms with Gasteiger partial charge in [0.05, 0.1) is 5.69 Å². The molecular weight excluding hydrogens is 210 g/mol. The van der Waals surface area contributed by atoms with Crippen LogP contribution in [0, 0.1) is 27.7 Å². The quantitative estimate of drug-likeness (QED) is 0.793. The van der Waals surface area contributed by atoms with Gasteiger partial charge in [0.15, 0.2) is 0 Å². The summed E-state index contributed by atoms with van der Waals surface area (Å²) in [7, 11) is 0. The Labute approximate surface area is 103 Å². The standard InChI is InChI=1S/C14H21N3/c1-11-10-14(4)17(15-11)9-5-8-16-12(2)6-7-13(16)3/h6-7,10H,5,8-9H2,1-4H3. The minimum Gasteiger partial charge on any atom is -0.349 e. The third-order valence-electron chi connectivity index (χ3n) is 3.27. The van der Waals surface area contributed by atoms with Crippen molar-refractivity contribution in [1.29, 1.82) is 0 Å². The van der Waals surface area contributed by atoms with Gasteiger partial charge < -0.3 is 4.57 Å². The van der Waals surface area contributed by atoms with E-state index in [9.17, 15) is 0 Å². The van der Waals surface area contributed by atoms with Crippen molar-refractivity contribution in [2.45, 2.75) is 47.2 Å². The Balaban J connectivity index is 1.94. The lowest BCUT2D eigenvalue weighted by Crippen LogP contribution is -2.08. The minimum atomic E-state index is 0.997. The van der Waals surface area contributed by atoms with Crippen LogP contribution in [0.3, 0.4) is 0 Å². The minimum absolute atomic E-state index is 0.997. The number of aryl methyl sites for hydroxylation is 5. The van der Waals surface area contributed by atoms with E-state index in [2.05, 4.69) is 53.3 Å². The Kier molecular flexibility index (Phi) is 3.36. The molecule has 0 saturated heterocycles. The van der Waals surface area contributed by atoms with Crippen molar-refractivity contribution in [3.8, 4) is 0 Å². The number of aromatic nitrogens is 3. The lowest BCUT2D eigenvalue weighted by Gasteiger charge is -2.10. The van der Waals surface area contributed by atoms with Gasteiger partial charge in [-0.2, -0.15) is 5.10 Å². The first-order valence-corrected chi connectivity index (χ1v) is 6.21. The van der Waals surface area contributed by atoms with Gasteiger partial charge in [0, 0.05) is 30.2 Å². The van der Waals surface area contributed by atoms with E-state index in [1.807, 2.05) is 6.92 Å². The van der Waals surface area contributed by atoms with Crippen LogP contribution < -0.4 is 0 Å². The predicted molar refractivity (Wildman–Crippen MR) is 70.2 cm³/mol. The molecule has 0 N–H and O–H groups in total. The van der Waals surface area contributed by atoms with Gasteiger partial charge in [0.2, 0.25) is 0 Å². The SMILES string of the molecule is Cc1cc(C)n(CCCn2c(C)ccc2C)n1. The third-order valence-corrected chi connectivity index (χ3v) is 3.27. The lowest BCUT2D eigenvalue weighted by molar-refractivity contribution is 0.509. The van der Waals surface area contributed by atoms with Crippen molar-refractivity contribution in [2.75, 3.05) is 0 Å². The zero-order valence-electron chi connectivity index (χ0n) is 11.2. The first-order chi connectivity index (χ1) is 8.08. The van der Waals surface area contributed by atoms with Crippen LogP contribution >= 0.6 is 0 Å². The first kappa shape index (κ1) is 12.0. The Morgan fingerprint density at radius 2 is 1.59 bits per heavy atom. The molecule has 0 atom stereocenters. The molecule has 0 spiro atoms. The first-order valence-electron chi connectivity index (χ1n) is 6.21. The molecule has 0 aromatic carbocycles. The molecule has 3 heteroatoms. The zero-order valence-corrected chi connectivity index (χ0v) is 11.2. The van der Waals surface area contributed by atoms with E-state index < -0.39 is 0 Å². The van der Waals surface area contributed by atoms with E-state index in [0.717, 1.165) is 25.2 Å². The molecule has 2 aromatic rings. The van der Waals surface area contributed by atoms with Crippen LogP contribution in [0.2, 0.25) is 0 Å². The van der Waals surface area contributed by atoms with Crippen LogP contribution in [0.5, 0.6) is 0 Å². The van der Waals surface area contributed by atoms with Gasteiger partial charge in [-0.15, -0.1) is 0 Å². The van der Waals surface area contributed by atoms with Crippen molar-refractivity contribution in [1.82, 2.24) is 14.3 Å². The van der Waals surface area contributed by atoms with E-state index in [1.54, 1.807) is 0 Å². The molecule has 17 heavy (non-hydrogen) atoms. The number of hydrogen-bond acceptors (Lipinski definition) is 1. The fourth-order valence-electron chi connectivity index (χ4n) is 2.33. The molecule has 0 aliphatic heterocycles. The lowest BCUT2D eigenvalue weighted by atomic mass is 10.3. The van der Waals surface area contributed by atoms with Crippen molar-refractivity contribution in [3.63, 3.8) is 0 Å². The van der Waals surface area contributed by atoms with Crippen LogP contribution in [0.15, 0.2) is 18.2 Å². The summed E-state index contributed by atoms with van der Waals surface area (Å²) in [6.45, 7) is 10.6. The summed E-state index contributed by atoms with van der Waals surface area (Å²) in [6.07, 6.45) is 1.12. The topological polar surface area (TPSA) is 22.8 Å². The maximum Gasteiger partial charge on any atom is 0.0596 e. The van der Waals surface area contributed by atoms with E-state index in [4.69, 9.17) is 0 Å². The second-order valence-corrected chi connectivity index (χ2v) is 4.77. The maximum absolute atomic E-state index is 4.48. The predicted octanol–water partition coefficient (Wildman–Crippen LogP) is 3.01. The molecule has 0 amide bonds. The molecule has 0 radical (unpaired) electrons. The summed E-state index contributed by atoms with van der Waals surface area (Å²) in [4.78, 5) is 0. The number of rotatable bonds is 4. The van der Waals surface area contributed by atoms with E-state index in [1.165, 1.54) is 17.1 Å². The van der Waals surface area contributed by atoms with Crippen LogP contribution in [-0.2, 0) is 13.1 Å². The molecule has 2 aromatic heterocycles. The van der Waals surface area contributed by atoms with Crippen molar-refractivity contribution >= 4 is 0 Å².